The Labute approximate surface area is 199 Å². The highest BCUT2D eigenvalue weighted by Gasteiger charge is 2.35. The summed E-state index contributed by atoms with van der Waals surface area (Å²) < 4.78 is 38.9. The second kappa shape index (κ2) is 8.99. The number of anilines is 4. The Morgan fingerprint density at radius 2 is 1.76 bits per heavy atom. The van der Waals surface area contributed by atoms with Crippen molar-refractivity contribution >= 4 is 58.2 Å². The molecular formula is C21H14Cl2F3N5O3. The molecule has 0 bridgehead atoms. The zero-order valence-electron chi connectivity index (χ0n) is 16.9. The lowest BCUT2D eigenvalue weighted by atomic mass is 9.92. The van der Waals surface area contributed by atoms with E-state index in [1.54, 1.807) is 0 Å². The van der Waals surface area contributed by atoms with Crippen LogP contribution < -0.4 is 21.5 Å². The highest BCUT2D eigenvalue weighted by Crippen LogP contribution is 2.33. The topological polar surface area (TPSA) is 116 Å². The van der Waals surface area contributed by atoms with Gasteiger partial charge in [-0.2, -0.15) is 18.2 Å². The first-order valence-corrected chi connectivity index (χ1v) is 10.4. The number of rotatable bonds is 4. The number of H-pyrrole nitrogens is 1. The molecule has 8 nitrogen and oxygen atoms in total. The molecular weight excluding hydrogens is 498 g/mol. The number of nitrogens with one attached hydrogen (secondary N) is 4. The molecule has 0 saturated carbocycles. The number of halogens is 5. The van der Waals surface area contributed by atoms with E-state index in [2.05, 4.69) is 25.9 Å². The number of aromatic nitrogens is 2. The van der Waals surface area contributed by atoms with Crippen molar-refractivity contribution in [1.82, 2.24) is 9.97 Å². The standard InChI is InChI=1S/C21H14Cl2F3N5O3/c22-10-5-11(23)7-13(6-10)27-18(33)14-8-15(32)29-17-16(14)19(34)31-20(30-17)28-12-3-1-2-9(4-12)21(24,25)26/h1-7,14H,8H2,(H,27,33)(H3,28,29,30,31,32,34)/t14-/m0/s1. The van der Waals surface area contributed by atoms with E-state index in [9.17, 15) is 27.6 Å². The van der Waals surface area contributed by atoms with Gasteiger partial charge in [0.2, 0.25) is 17.8 Å². The lowest BCUT2D eigenvalue weighted by molar-refractivity contribution is -0.137. The third-order valence-corrected chi connectivity index (χ3v) is 5.29. The minimum atomic E-state index is -4.56. The largest absolute Gasteiger partial charge is 0.416 e. The first kappa shape index (κ1) is 23.6. The van der Waals surface area contributed by atoms with Gasteiger partial charge in [0, 0.05) is 27.8 Å². The number of hydrogen-bond acceptors (Lipinski definition) is 5. The van der Waals surface area contributed by atoms with Crippen LogP contribution in [0.1, 0.15) is 23.5 Å². The maximum Gasteiger partial charge on any atom is 0.416 e. The predicted octanol–water partition coefficient (Wildman–Crippen LogP) is 4.90. The first-order chi connectivity index (χ1) is 16.0. The molecule has 1 aliphatic rings. The average Bonchev–Trinajstić information content (AvgIpc) is 2.71. The Kier molecular flexibility index (Phi) is 6.24. The van der Waals surface area contributed by atoms with Crippen LogP contribution in [0.2, 0.25) is 10.0 Å². The molecule has 1 atom stereocenters. The summed E-state index contributed by atoms with van der Waals surface area (Å²) in [7, 11) is 0. The molecule has 0 unspecified atom stereocenters. The van der Waals surface area contributed by atoms with E-state index in [1.807, 2.05) is 0 Å². The highest BCUT2D eigenvalue weighted by atomic mass is 35.5. The Hall–Kier alpha value is -3.57. The molecule has 2 aromatic carbocycles. The summed E-state index contributed by atoms with van der Waals surface area (Å²) in [6.45, 7) is 0. The van der Waals surface area contributed by atoms with Crippen LogP contribution in [0.25, 0.3) is 0 Å². The van der Waals surface area contributed by atoms with Crippen molar-refractivity contribution in [1.29, 1.82) is 0 Å². The Bertz CT molecular complexity index is 1340. The summed E-state index contributed by atoms with van der Waals surface area (Å²) in [6.07, 6.45) is -4.88. The lowest BCUT2D eigenvalue weighted by Crippen LogP contribution is -2.36. The number of aromatic amines is 1. The molecule has 4 rings (SSSR count). The number of nitrogens with zero attached hydrogens (tertiary/aromatic N) is 1. The average molecular weight is 512 g/mol. The Morgan fingerprint density at radius 3 is 2.44 bits per heavy atom. The van der Waals surface area contributed by atoms with Crippen LogP contribution in [0.15, 0.2) is 47.3 Å². The molecule has 13 heteroatoms. The number of fused-ring (bicyclic) bond motifs is 1. The van der Waals surface area contributed by atoms with Gasteiger partial charge in [-0.15, -0.1) is 0 Å². The van der Waals surface area contributed by atoms with E-state index >= 15 is 0 Å². The molecule has 1 aromatic heterocycles. The van der Waals surface area contributed by atoms with Crippen LogP contribution >= 0.6 is 23.2 Å². The third kappa shape index (κ3) is 5.15. The van der Waals surface area contributed by atoms with Gasteiger partial charge in [-0.3, -0.25) is 19.4 Å². The Balaban J connectivity index is 1.63. The lowest BCUT2D eigenvalue weighted by Gasteiger charge is -2.23. The van der Waals surface area contributed by atoms with Crippen LogP contribution in [0.3, 0.4) is 0 Å². The van der Waals surface area contributed by atoms with Crippen molar-refractivity contribution < 1.29 is 22.8 Å². The van der Waals surface area contributed by atoms with Gasteiger partial charge < -0.3 is 16.0 Å². The van der Waals surface area contributed by atoms with Gasteiger partial charge in [0.05, 0.1) is 17.0 Å². The first-order valence-electron chi connectivity index (χ1n) is 9.65. The van der Waals surface area contributed by atoms with E-state index < -0.39 is 35.0 Å². The van der Waals surface area contributed by atoms with Gasteiger partial charge >= 0.3 is 6.18 Å². The number of hydrogen-bond donors (Lipinski definition) is 4. The summed E-state index contributed by atoms with van der Waals surface area (Å²) in [4.78, 5) is 44.3. The van der Waals surface area contributed by atoms with E-state index in [1.165, 1.54) is 30.3 Å². The van der Waals surface area contributed by atoms with E-state index in [0.29, 0.717) is 0 Å². The number of alkyl halides is 3. The number of amides is 2. The molecule has 0 saturated heterocycles. The summed E-state index contributed by atoms with van der Waals surface area (Å²) in [6, 6.07) is 8.62. The molecule has 3 aromatic rings. The van der Waals surface area contributed by atoms with Gasteiger partial charge in [-0.05, 0) is 36.4 Å². The van der Waals surface area contributed by atoms with Crippen molar-refractivity contribution in [2.75, 3.05) is 16.0 Å². The summed E-state index contributed by atoms with van der Waals surface area (Å²) >= 11 is 11.9. The second-order valence-corrected chi connectivity index (χ2v) is 8.21. The third-order valence-electron chi connectivity index (χ3n) is 4.85. The van der Waals surface area contributed by atoms with E-state index in [0.717, 1.165) is 12.1 Å². The molecule has 4 N–H and O–H groups in total. The van der Waals surface area contributed by atoms with Crippen LogP contribution in [-0.4, -0.2) is 21.8 Å². The molecule has 176 valence electrons. The highest BCUT2D eigenvalue weighted by molar-refractivity contribution is 6.35. The minimum Gasteiger partial charge on any atom is -0.326 e. The number of carbonyl (C=O) groups is 2. The fourth-order valence-corrected chi connectivity index (χ4v) is 3.95. The molecule has 0 aliphatic carbocycles. The fourth-order valence-electron chi connectivity index (χ4n) is 3.42. The zero-order valence-corrected chi connectivity index (χ0v) is 18.4. The SMILES string of the molecule is O=C1C[C@H](C(=O)Nc2cc(Cl)cc(Cl)c2)c2c(nc(Nc3cccc(C(F)(F)F)c3)[nH]c2=O)N1. The van der Waals surface area contributed by atoms with Crippen molar-refractivity contribution in [3.8, 4) is 0 Å². The normalized spacial score (nSPS) is 15.3. The van der Waals surface area contributed by atoms with E-state index in [-0.39, 0.29) is 45.2 Å². The van der Waals surface area contributed by atoms with Gasteiger partial charge in [0.15, 0.2) is 0 Å². The van der Waals surface area contributed by atoms with Crippen molar-refractivity contribution in [2.45, 2.75) is 18.5 Å². The molecule has 34 heavy (non-hydrogen) atoms. The molecule has 2 heterocycles. The smallest absolute Gasteiger partial charge is 0.326 e. The maximum absolute atomic E-state index is 13.0. The predicted molar refractivity (Wildman–Crippen MR) is 121 cm³/mol. The van der Waals surface area contributed by atoms with Gasteiger partial charge in [-0.25, -0.2) is 0 Å². The monoisotopic (exact) mass is 511 g/mol. The molecule has 0 fully saturated rings. The fraction of sp³-hybridized carbons (Fsp3) is 0.143. The Morgan fingerprint density at radius 1 is 1.06 bits per heavy atom. The maximum atomic E-state index is 13.0. The van der Waals surface area contributed by atoms with E-state index in [4.69, 9.17) is 23.2 Å². The zero-order chi connectivity index (χ0) is 24.6. The van der Waals surface area contributed by atoms with Gasteiger partial charge in [0.25, 0.3) is 5.56 Å². The van der Waals surface area contributed by atoms with Crippen molar-refractivity contribution in [2.24, 2.45) is 0 Å². The van der Waals surface area contributed by atoms with Crippen LogP contribution in [0.5, 0.6) is 0 Å². The quantitative estimate of drug-likeness (QED) is 0.397. The van der Waals surface area contributed by atoms with Crippen LogP contribution in [0.4, 0.5) is 36.3 Å². The molecule has 1 aliphatic heterocycles. The number of carbonyl (C=O) groups excluding carboxylic acids is 2. The summed E-state index contributed by atoms with van der Waals surface area (Å²) in [5.41, 5.74) is -1.47. The second-order valence-electron chi connectivity index (χ2n) is 7.33. The van der Waals surface area contributed by atoms with Gasteiger partial charge in [0.1, 0.15) is 5.82 Å². The summed E-state index contributed by atoms with van der Waals surface area (Å²) in [5, 5.41) is 8.10. The number of benzene rings is 2. The van der Waals surface area contributed by atoms with Gasteiger partial charge in [-0.1, -0.05) is 29.3 Å². The molecule has 2 amide bonds. The molecule has 0 radical (unpaired) electrons. The summed E-state index contributed by atoms with van der Waals surface area (Å²) in [5.74, 6) is -2.81. The molecule has 0 spiro atoms. The van der Waals surface area contributed by atoms with Crippen LogP contribution in [0, 0.1) is 0 Å². The van der Waals surface area contributed by atoms with Crippen molar-refractivity contribution in [3.63, 3.8) is 0 Å². The van der Waals surface area contributed by atoms with Crippen molar-refractivity contribution in [3.05, 3.63) is 74.0 Å². The minimum absolute atomic E-state index is 0.00666. The van der Waals surface area contributed by atoms with Crippen LogP contribution in [-0.2, 0) is 15.8 Å².